The van der Waals surface area contributed by atoms with Crippen LogP contribution in [0.5, 0.6) is 5.75 Å². The summed E-state index contributed by atoms with van der Waals surface area (Å²) in [5.74, 6) is -2.14. The number of hydrogen-bond acceptors (Lipinski definition) is 3. The van der Waals surface area contributed by atoms with Crippen molar-refractivity contribution >= 4 is 40.7 Å². The third-order valence-corrected chi connectivity index (χ3v) is 4.36. The molecule has 0 aliphatic carbocycles. The van der Waals surface area contributed by atoms with Gasteiger partial charge in [0.2, 0.25) is 0 Å². The molecule has 1 atom stereocenters. The molecule has 0 unspecified atom stereocenters. The van der Waals surface area contributed by atoms with E-state index in [0.29, 0.717) is 12.8 Å². The normalized spacial score (nSPS) is 16.1. The number of benzene rings is 1. The number of rotatable bonds is 5. The second-order valence-electron chi connectivity index (χ2n) is 5.08. The average molecular weight is 434 g/mol. The van der Waals surface area contributed by atoms with Crippen molar-refractivity contribution in [3.63, 3.8) is 0 Å². The quantitative estimate of drug-likeness (QED) is 0.539. The summed E-state index contributed by atoms with van der Waals surface area (Å²) < 4.78 is 28.1. The minimum atomic E-state index is -0.969. The lowest BCUT2D eigenvalue weighted by atomic mass is 9.97. The molecule has 0 radical (unpaired) electrons. The second-order valence-corrected chi connectivity index (χ2v) is 5.94. The zero-order valence-electron chi connectivity index (χ0n) is 12.5. The molecule has 1 aromatic rings. The Balaban J connectivity index is 0.00000242. The maximum Gasteiger partial charge on any atom is 0.167 e. The first-order valence-electron chi connectivity index (χ1n) is 6.98. The molecule has 132 valence electrons. The first-order chi connectivity index (χ1) is 10.1. The van der Waals surface area contributed by atoms with Gasteiger partial charge < -0.3 is 10.4 Å². The molecule has 1 fully saturated rings. The molecule has 0 spiro atoms. The van der Waals surface area contributed by atoms with Crippen molar-refractivity contribution in [2.24, 2.45) is 0 Å². The third-order valence-electron chi connectivity index (χ3n) is 3.75. The lowest BCUT2D eigenvalue weighted by Gasteiger charge is -2.35. The fourth-order valence-electron chi connectivity index (χ4n) is 2.69. The molecule has 0 saturated carbocycles. The smallest absolute Gasteiger partial charge is 0.167 e. The zero-order valence-corrected chi connectivity index (χ0v) is 15.7. The van der Waals surface area contributed by atoms with Gasteiger partial charge in [-0.1, -0.05) is 6.08 Å². The molecule has 23 heavy (non-hydrogen) atoms. The van der Waals surface area contributed by atoms with Gasteiger partial charge in [-0.3, -0.25) is 4.90 Å². The van der Waals surface area contributed by atoms with Crippen molar-refractivity contribution in [1.29, 1.82) is 0 Å². The van der Waals surface area contributed by atoms with Crippen molar-refractivity contribution in [2.45, 2.75) is 18.9 Å². The van der Waals surface area contributed by atoms with Crippen molar-refractivity contribution in [2.75, 3.05) is 26.2 Å². The van der Waals surface area contributed by atoms with Crippen molar-refractivity contribution < 1.29 is 13.9 Å². The van der Waals surface area contributed by atoms with Gasteiger partial charge in [0.1, 0.15) is 5.75 Å². The lowest BCUT2D eigenvalue weighted by molar-refractivity contribution is 0.159. The Hall–Kier alpha value is -0.400. The molecule has 1 aromatic carbocycles. The van der Waals surface area contributed by atoms with Gasteiger partial charge in [0.25, 0.3) is 0 Å². The van der Waals surface area contributed by atoms with E-state index in [1.165, 1.54) is 0 Å². The monoisotopic (exact) mass is 432 g/mol. The molecule has 1 aliphatic heterocycles. The Bertz CT molecular complexity index is 502. The van der Waals surface area contributed by atoms with E-state index in [1.54, 1.807) is 6.08 Å². The fraction of sp³-hybridized carbons (Fsp3) is 0.467. The molecule has 2 rings (SSSR count). The number of allylic oxidation sites excluding steroid dienone is 1. The van der Waals surface area contributed by atoms with Crippen LogP contribution < -0.4 is 5.32 Å². The maximum absolute atomic E-state index is 14.3. The number of aromatic hydroxyl groups is 1. The van der Waals surface area contributed by atoms with E-state index in [1.807, 2.05) is 0 Å². The molecule has 2 N–H and O–H groups in total. The van der Waals surface area contributed by atoms with Crippen LogP contribution in [0.2, 0.25) is 0 Å². The van der Waals surface area contributed by atoms with Crippen molar-refractivity contribution in [3.8, 4) is 5.75 Å². The van der Waals surface area contributed by atoms with Gasteiger partial charge in [-0.05, 0) is 34.8 Å². The van der Waals surface area contributed by atoms with Crippen molar-refractivity contribution in [1.82, 2.24) is 10.2 Å². The van der Waals surface area contributed by atoms with Gasteiger partial charge in [-0.2, -0.15) is 0 Å². The van der Waals surface area contributed by atoms with Crippen LogP contribution in [0, 0.1) is 11.6 Å². The van der Waals surface area contributed by atoms with Crippen LogP contribution in [0.15, 0.2) is 23.2 Å². The predicted molar refractivity (Wildman–Crippen MR) is 96.8 cm³/mol. The minimum Gasteiger partial charge on any atom is -0.506 e. The van der Waals surface area contributed by atoms with E-state index in [2.05, 4.69) is 32.7 Å². The van der Waals surface area contributed by atoms with Gasteiger partial charge in [0.05, 0.1) is 10.0 Å². The Morgan fingerprint density at radius 3 is 2.52 bits per heavy atom. The summed E-state index contributed by atoms with van der Waals surface area (Å²) >= 11 is 3.08. The highest BCUT2D eigenvalue weighted by Crippen LogP contribution is 2.40. The number of hydrogen-bond donors (Lipinski definition) is 2. The van der Waals surface area contributed by atoms with Crippen LogP contribution in [-0.4, -0.2) is 36.2 Å². The summed E-state index contributed by atoms with van der Waals surface area (Å²) in [6.07, 6.45) is 3.00. The van der Waals surface area contributed by atoms with E-state index in [-0.39, 0.29) is 46.6 Å². The van der Waals surface area contributed by atoms with Crippen molar-refractivity contribution in [3.05, 3.63) is 40.4 Å². The highest BCUT2D eigenvalue weighted by Gasteiger charge is 2.29. The SMILES string of the molecule is C=CCC[C@H](c1c(O)c(Br)cc(F)c1F)N1CCNCC1.Cl.Cl. The first kappa shape index (κ1) is 22.6. The summed E-state index contributed by atoms with van der Waals surface area (Å²) in [5.41, 5.74) is 0.0330. The Labute approximate surface area is 156 Å². The van der Waals surface area contributed by atoms with Gasteiger partial charge >= 0.3 is 0 Å². The molecule has 1 heterocycles. The second kappa shape index (κ2) is 10.5. The molecule has 0 aromatic heterocycles. The standard InChI is InChI=1S/C15H19BrF2N2O.2ClH/c1-2-3-4-12(20-7-5-19-6-8-20)13-14(18)11(17)9-10(16)15(13)21;;/h2,9,12,19,21H,1,3-8H2;2*1H/t12-;;/m1../s1. The zero-order chi connectivity index (χ0) is 15.4. The summed E-state index contributed by atoms with van der Waals surface area (Å²) in [5, 5.41) is 13.4. The van der Waals surface area contributed by atoms with Crippen LogP contribution >= 0.6 is 40.7 Å². The highest BCUT2D eigenvalue weighted by atomic mass is 79.9. The summed E-state index contributed by atoms with van der Waals surface area (Å²) in [7, 11) is 0. The van der Waals surface area contributed by atoms with Crippen LogP contribution in [0.3, 0.4) is 0 Å². The largest absolute Gasteiger partial charge is 0.506 e. The third kappa shape index (κ3) is 5.29. The Kier molecular flexibility index (Phi) is 10.3. The number of halogens is 5. The van der Waals surface area contributed by atoms with Gasteiger partial charge in [-0.25, -0.2) is 8.78 Å². The highest BCUT2D eigenvalue weighted by molar-refractivity contribution is 9.10. The molecule has 8 heteroatoms. The number of nitrogens with one attached hydrogen (secondary N) is 1. The van der Waals surface area contributed by atoms with Crippen LogP contribution in [0.1, 0.15) is 24.4 Å². The molecule has 0 amide bonds. The summed E-state index contributed by atoms with van der Waals surface area (Å²) in [6.45, 7) is 6.73. The molecular weight excluding hydrogens is 413 g/mol. The fourth-order valence-corrected chi connectivity index (χ4v) is 3.10. The van der Waals surface area contributed by atoms with Gasteiger partial charge in [0, 0.05) is 32.2 Å². The predicted octanol–water partition coefficient (Wildman–Crippen LogP) is 4.19. The summed E-state index contributed by atoms with van der Waals surface area (Å²) in [4.78, 5) is 2.07. The molecule has 0 bridgehead atoms. The van der Waals surface area contributed by atoms with Gasteiger partial charge in [-0.15, -0.1) is 31.4 Å². The number of nitrogens with zero attached hydrogens (tertiary/aromatic N) is 1. The number of phenols is 1. The molecule has 3 nitrogen and oxygen atoms in total. The van der Waals surface area contributed by atoms with E-state index in [0.717, 1.165) is 32.2 Å². The average Bonchev–Trinajstić information content (AvgIpc) is 2.49. The van der Waals surface area contributed by atoms with Gasteiger partial charge in [0.15, 0.2) is 11.6 Å². The Morgan fingerprint density at radius 2 is 1.96 bits per heavy atom. The summed E-state index contributed by atoms with van der Waals surface area (Å²) in [6, 6.07) is 0.591. The maximum atomic E-state index is 14.3. The van der Waals surface area contributed by atoms with Crippen LogP contribution in [0.25, 0.3) is 0 Å². The minimum absolute atomic E-state index is 0. The molecule has 1 saturated heterocycles. The van der Waals surface area contributed by atoms with Crippen LogP contribution in [-0.2, 0) is 0 Å². The first-order valence-corrected chi connectivity index (χ1v) is 7.77. The van der Waals surface area contributed by atoms with E-state index in [4.69, 9.17) is 0 Å². The van der Waals surface area contributed by atoms with E-state index < -0.39 is 11.6 Å². The topological polar surface area (TPSA) is 35.5 Å². The Morgan fingerprint density at radius 1 is 1.35 bits per heavy atom. The molecule has 1 aliphatic rings. The number of piperazine rings is 1. The van der Waals surface area contributed by atoms with Crippen LogP contribution in [0.4, 0.5) is 8.78 Å². The van der Waals surface area contributed by atoms with E-state index >= 15 is 0 Å². The molecular formula is C15H21BrCl2F2N2O. The van der Waals surface area contributed by atoms with E-state index in [9.17, 15) is 13.9 Å². The number of phenolic OH excluding ortho intramolecular Hbond substituents is 1. The lowest BCUT2D eigenvalue weighted by Crippen LogP contribution is -2.45.